The van der Waals surface area contributed by atoms with Gasteiger partial charge >= 0.3 is 0 Å². The number of aliphatic hydroxyl groups excluding tert-OH is 2. The summed E-state index contributed by atoms with van der Waals surface area (Å²) in [4.78, 5) is 2.22. The summed E-state index contributed by atoms with van der Waals surface area (Å²) in [5, 5.41) is 19.1. The van der Waals surface area contributed by atoms with Crippen LogP contribution in [-0.4, -0.2) is 58.7 Å². The van der Waals surface area contributed by atoms with Gasteiger partial charge in [0.25, 0.3) is 0 Å². The summed E-state index contributed by atoms with van der Waals surface area (Å²) in [5.41, 5.74) is 0.177. The first-order valence-electron chi connectivity index (χ1n) is 7.92. The molecule has 3 fully saturated rings. The van der Waals surface area contributed by atoms with Gasteiger partial charge in [0.2, 0.25) is 0 Å². The van der Waals surface area contributed by atoms with Crippen LogP contribution >= 0.6 is 0 Å². The van der Waals surface area contributed by atoms with E-state index in [0.29, 0.717) is 19.1 Å². The molecule has 19 heavy (non-hydrogen) atoms. The highest BCUT2D eigenvalue weighted by Crippen LogP contribution is 2.42. The van der Waals surface area contributed by atoms with Crippen molar-refractivity contribution in [2.45, 2.75) is 75.2 Å². The molecule has 1 saturated carbocycles. The van der Waals surface area contributed by atoms with E-state index in [9.17, 15) is 10.2 Å². The van der Waals surface area contributed by atoms with Crippen LogP contribution in [0, 0.1) is 0 Å². The van der Waals surface area contributed by atoms with Crippen molar-refractivity contribution in [2.75, 3.05) is 19.7 Å². The summed E-state index contributed by atoms with van der Waals surface area (Å²) >= 11 is 0. The highest BCUT2D eigenvalue weighted by Gasteiger charge is 2.42. The number of likely N-dealkylation sites (tertiary alicyclic amines) is 1. The zero-order valence-corrected chi connectivity index (χ0v) is 11.8. The van der Waals surface area contributed by atoms with Crippen LogP contribution < -0.4 is 0 Å². The molecule has 110 valence electrons. The van der Waals surface area contributed by atoms with Crippen molar-refractivity contribution in [1.82, 2.24) is 4.90 Å². The Morgan fingerprint density at radius 1 is 1.16 bits per heavy atom. The monoisotopic (exact) mass is 269 g/mol. The van der Waals surface area contributed by atoms with Crippen molar-refractivity contribution in [3.05, 3.63) is 0 Å². The summed E-state index contributed by atoms with van der Waals surface area (Å²) in [6.45, 7) is 1.72. The molecule has 2 N–H and O–H groups in total. The highest BCUT2D eigenvalue weighted by molar-refractivity contribution is 4.94. The first-order valence-corrected chi connectivity index (χ1v) is 7.92. The van der Waals surface area contributed by atoms with Crippen LogP contribution in [0.15, 0.2) is 0 Å². The Hall–Kier alpha value is -0.160. The zero-order chi connectivity index (χ0) is 13.3. The topological polar surface area (TPSA) is 52.9 Å². The maximum absolute atomic E-state index is 9.72. The molecule has 0 radical (unpaired) electrons. The molecule has 0 unspecified atom stereocenters. The van der Waals surface area contributed by atoms with Crippen molar-refractivity contribution >= 4 is 0 Å². The van der Waals surface area contributed by atoms with Gasteiger partial charge in [-0.2, -0.15) is 0 Å². The quantitative estimate of drug-likeness (QED) is 0.811. The van der Waals surface area contributed by atoms with Crippen LogP contribution in [0.5, 0.6) is 0 Å². The predicted molar refractivity (Wildman–Crippen MR) is 73.0 cm³/mol. The molecule has 1 aliphatic carbocycles. The molecule has 3 atom stereocenters. The molecule has 3 rings (SSSR count). The Morgan fingerprint density at radius 2 is 1.95 bits per heavy atom. The number of hydrogen-bond acceptors (Lipinski definition) is 4. The van der Waals surface area contributed by atoms with E-state index >= 15 is 0 Å². The second-order valence-corrected chi connectivity index (χ2v) is 6.70. The average Bonchev–Trinajstić information content (AvgIpc) is 2.95. The van der Waals surface area contributed by atoms with Crippen LogP contribution in [0.1, 0.15) is 51.4 Å². The molecule has 4 heteroatoms. The normalized spacial score (nSPS) is 39.2. The second kappa shape index (κ2) is 5.68. The van der Waals surface area contributed by atoms with Crippen molar-refractivity contribution < 1.29 is 14.9 Å². The van der Waals surface area contributed by atoms with Crippen LogP contribution in [0.4, 0.5) is 0 Å². The average molecular weight is 269 g/mol. The fraction of sp³-hybridized carbons (Fsp3) is 1.00. The molecule has 4 nitrogen and oxygen atoms in total. The zero-order valence-electron chi connectivity index (χ0n) is 11.8. The molecule has 0 aromatic rings. The maximum atomic E-state index is 9.72. The molecule has 3 aliphatic rings. The summed E-state index contributed by atoms with van der Waals surface area (Å²) in [6.07, 6.45) is 9.53. The third-order valence-corrected chi connectivity index (χ3v) is 5.26. The van der Waals surface area contributed by atoms with Gasteiger partial charge in [-0.15, -0.1) is 0 Å². The van der Waals surface area contributed by atoms with Gasteiger partial charge in [0.05, 0.1) is 24.4 Å². The molecule has 2 saturated heterocycles. The Kier molecular flexibility index (Phi) is 4.13. The summed E-state index contributed by atoms with van der Waals surface area (Å²) < 4.78 is 6.37. The van der Waals surface area contributed by atoms with Crippen molar-refractivity contribution in [1.29, 1.82) is 0 Å². The van der Waals surface area contributed by atoms with Gasteiger partial charge in [-0.1, -0.05) is 19.3 Å². The summed E-state index contributed by atoms with van der Waals surface area (Å²) in [7, 11) is 0. The number of hydrogen-bond donors (Lipinski definition) is 2. The molecule has 1 spiro atoms. The van der Waals surface area contributed by atoms with Gasteiger partial charge in [-0.3, -0.25) is 4.90 Å². The molecule has 0 amide bonds. The van der Waals surface area contributed by atoms with Gasteiger partial charge < -0.3 is 14.9 Å². The second-order valence-electron chi connectivity index (χ2n) is 6.70. The molecular weight excluding hydrogens is 242 g/mol. The van der Waals surface area contributed by atoms with Crippen molar-refractivity contribution in [2.24, 2.45) is 0 Å². The lowest BCUT2D eigenvalue weighted by molar-refractivity contribution is -0.0740. The minimum Gasteiger partial charge on any atom is -0.395 e. The lowest BCUT2D eigenvalue weighted by Gasteiger charge is -2.34. The van der Waals surface area contributed by atoms with E-state index in [1.54, 1.807) is 0 Å². The van der Waals surface area contributed by atoms with E-state index in [1.807, 2.05) is 0 Å². The van der Waals surface area contributed by atoms with Crippen molar-refractivity contribution in [3.63, 3.8) is 0 Å². The number of nitrogens with zero attached hydrogens (tertiary/aromatic N) is 1. The Labute approximate surface area is 115 Å². The van der Waals surface area contributed by atoms with Crippen LogP contribution in [0.25, 0.3) is 0 Å². The van der Waals surface area contributed by atoms with Crippen LogP contribution in [0.3, 0.4) is 0 Å². The van der Waals surface area contributed by atoms with E-state index in [2.05, 4.69) is 4.90 Å². The SMILES string of the molecule is OC[C@@H]1C[C@H](O)CN1C[C@H]1CCC2(CCCCC2)O1. The predicted octanol–water partition coefficient (Wildman–Crippen LogP) is 1.30. The lowest BCUT2D eigenvalue weighted by Crippen LogP contribution is -2.40. The molecule has 2 aliphatic heterocycles. The fourth-order valence-corrected chi connectivity index (χ4v) is 4.22. The molecule has 0 aromatic carbocycles. The minimum absolute atomic E-state index is 0.126. The maximum Gasteiger partial charge on any atom is 0.0710 e. The fourth-order valence-electron chi connectivity index (χ4n) is 4.22. The molecule has 2 heterocycles. The van der Waals surface area contributed by atoms with Gasteiger partial charge in [-0.25, -0.2) is 0 Å². The molecule has 0 aromatic heterocycles. The standard InChI is InChI=1S/C15H27NO3/c17-11-12-8-13(18)9-16(12)10-14-4-7-15(19-14)5-2-1-3-6-15/h12-14,17-18H,1-11H2/t12-,13-,14+/m0/s1. The van der Waals surface area contributed by atoms with E-state index in [4.69, 9.17) is 4.74 Å². The number of β-amino-alcohol motifs (C(OH)–C–C–N with tert-alkyl or cyclic N) is 1. The first-order chi connectivity index (χ1) is 9.21. The number of rotatable bonds is 3. The highest BCUT2D eigenvalue weighted by atomic mass is 16.5. The van der Waals surface area contributed by atoms with Crippen LogP contribution in [-0.2, 0) is 4.74 Å². The van der Waals surface area contributed by atoms with Gasteiger partial charge in [0, 0.05) is 19.1 Å². The number of ether oxygens (including phenoxy) is 1. The van der Waals surface area contributed by atoms with E-state index in [1.165, 1.54) is 38.5 Å². The first kappa shape index (κ1) is 13.8. The third kappa shape index (κ3) is 2.97. The lowest BCUT2D eigenvalue weighted by atomic mass is 9.83. The number of aliphatic hydroxyl groups is 2. The van der Waals surface area contributed by atoms with E-state index in [0.717, 1.165) is 13.0 Å². The van der Waals surface area contributed by atoms with Gasteiger partial charge in [0.15, 0.2) is 0 Å². The smallest absolute Gasteiger partial charge is 0.0710 e. The Morgan fingerprint density at radius 3 is 2.68 bits per heavy atom. The molecule has 0 bridgehead atoms. The molecular formula is C15H27NO3. The van der Waals surface area contributed by atoms with E-state index < -0.39 is 0 Å². The van der Waals surface area contributed by atoms with E-state index in [-0.39, 0.29) is 24.4 Å². The van der Waals surface area contributed by atoms with Gasteiger partial charge in [0.1, 0.15) is 0 Å². The van der Waals surface area contributed by atoms with Crippen molar-refractivity contribution in [3.8, 4) is 0 Å². The Bertz CT molecular complexity index is 304. The largest absolute Gasteiger partial charge is 0.395 e. The Balaban J connectivity index is 1.54. The van der Waals surface area contributed by atoms with Gasteiger partial charge in [-0.05, 0) is 32.1 Å². The van der Waals surface area contributed by atoms with Crippen LogP contribution in [0.2, 0.25) is 0 Å². The third-order valence-electron chi connectivity index (χ3n) is 5.26. The summed E-state index contributed by atoms with van der Waals surface area (Å²) in [6, 6.07) is 0.126. The summed E-state index contributed by atoms with van der Waals surface area (Å²) in [5.74, 6) is 0. The minimum atomic E-state index is -0.276.